The van der Waals surface area contributed by atoms with E-state index in [1.807, 2.05) is 31.2 Å². The molecule has 3 atom stereocenters. The molecule has 84 valence electrons. The molecule has 15 heavy (non-hydrogen) atoms. The van der Waals surface area contributed by atoms with E-state index >= 15 is 0 Å². The van der Waals surface area contributed by atoms with Crippen molar-refractivity contribution in [3.05, 3.63) is 34.9 Å². The SMILES string of the molecule is CC(CC(O)C(C)N)c1ccc(Cl)cc1. The van der Waals surface area contributed by atoms with Crippen molar-refractivity contribution in [3.63, 3.8) is 0 Å². The standard InChI is InChI=1S/C12H18ClNO/c1-8(7-12(15)9(2)14)10-3-5-11(13)6-4-10/h3-6,8-9,12,15H,7,14H2,1-2H3. The second-order valence-electron chi connectivity index (χ2n) is 4.11. The van der Waals surface area contributed by atoms with Crippen LogP contribution in [0.4, 0.5) is 0 Å². The zero-order valence-corrected chi connectivity index (χ0v) is 9.91. The van der Waals surface area contributed by atoms with Crippen molar-refractivity contribution >= 4 is 11.6 Å². The van der Waals surface area contributed by atoms with E-state index in [4.69, 9.17) is 17.3 Å². The fourth-order valence-corrected chi connectivity index (χ4v) is 1.63. The highest BCUT2D eigenvalue weighted by Gasteiger charge is 2.15. The Morgan fingerprint density at radius 3 is 2.27 bits per heavy atom. The first-order valence-corrected chi connectivity index (χ1v) is 5.57. The lowest BCUT2D eigenvalue weighted by atomic mass is 9.93. The molecule has 0 aliphatic heterocycles. The van der Waals surface area contributed by atoms with E-state index in [9.17, 15) is 5.11 Å². The molecule has 3 unspecified atom stereocenters. The maximum absolute atomic E-state index is 9.66. The molecule has 2 nitrogen and oxygen atoms in total. The van der Waals surface area contributed by atoms with Crippen LogP contribution in [0, 0.1) is 0 Å². The van der Waals surface area contributed by atoms with Gasteiger partial charge in [-0.2, -0.15) is 0 Å². The number of hydrogen-bond donors (Lipinski definition) is 2. The van der Waals surface area contributed by atoms with Gasteiger partial charge in [-0.15, -0.1) is 0 Å². The average Bonchev–Trinajstić information content (AvgIpc) is 2.18. The lowest BCUT2D eigenvalue weighted by Gasteiger charge is -2.19. The van der Waals surface area contributed by atoms with Gasteiger partial charge in [0, 0.05) is 11.1 Å². The first-order chi connectivity index (χ1) is 7.00. The first kappa shape index (κ1) is 12.5. The van der Waals surface area contributed by atoms with Crippen LogP contribution in [-0.4, -0.2) is 17.3 Å². The van der Waals surface area contributed by atoms with Gasteiger partial charge in [0.25, 0.3) is 0 Å². The van der Waals surface area contributed by atoms with Gasteiger partial charge in [0.15, 0.2) is 0 Å². The molecule has 0 aromatic heterocycles. The molecule has 3 heteroatoms. The Bertz CT molecular complexity index is 297. The van der Waals surface area contributed by atoms with E-state index in [0.717, 1.165) is 5.02 Å². The highest BCUT2D eigenvalue weighted by Crippen LogP contribution is 2.22. The van der Waals surface area contributed by atoms with Gasteiger partial charge in [-0.3, -0.25) is 0 Å². The number of aliphatic hydroxyl groups is 1. The smallest absolute Gasteiger partial charge is 0.0694 e. The number of aliphatic hydroxyl groups excluding tert-OH is 1. The first-order valence-electron chi connectivity index (χ1n) is 5.20. The fraction of sp³-hybridized carbons (Fsp3) is 0.500. The summed E-state index contributed by atoms with van der Waals surface area (Å²) in [7, 11) is 0. The van der Waals surface area contributed by atoms with E-state index in [1.165, 1.54) is 5.56 Å². The Kier molecular flexibility index (Phi) is 4.58. The largest absolute Gasteiger partial charge is 0.392 e. The maximum atomic E-state index is 9.66. The molecule has 0 fully saturated rings. The summed E-state index contributed by atoms with van der Waals surface area (Å²) < 4.78 is 0. The Morgan fingerprint density at radius 2 is 1.80 bits per heavy atom. The van der Waals surface area contributed by atoms with Crippen LogP contribution < -0.4 is 5.73 Å². The number of rotatable bonds is 4. The second-order valence-corrected chi connectivity index (χ2v) is 4.55. The van der Waals surface area contributed by atoms with Crippen LogP contribution in [-0.2, 0) is 0 Å². The third-order valence-electron chi connectivity index (χ3n) is 2.64. The molecule has 0 aliphatic rings. The fourth-order valence-electron chi connectivity index (χ4n) is 1.50. The summed E-state index contributed by atoms with van der Waals surface area (Å²) in [5.41, 5.74) is 6.80. The monoisotopic (exact) mass is 227 g/mol. The van der Waals surface area contributed by atoms with Crippen molar-refractivity contribution in [3.8, 4) is 0 Å². The molecule has 0 saturated carbocycles. The van der Waals surface area contributed by atoms with Gasteiger partial charge < -0.3 is 10.8 Å². The summed E-state index contributed by atoms with van der Waals surface area (Å²) in [6.07, 6.45) is 0.231. The summed E-state index contributed by atoms with van der Waals surface area (Å²) in [6.45, 7) is 3.90. The minimum atomic E-state index is -0.448. The predicted octanol–water partition coefficient (Wildman–Crippen LogP) is 2.54. The molecular formula is C12H18ClNO. The van der Waals surface area contributed by atoms with Gasteiger partial charge in [-0.05, 0) is 37.0 Å². The number of nitrogens with two attached hydrogens (primary N) is 1. The molecule has 0 saturated heterocycles. The highest BCUT2D eigenvalue weighted by molar-refractivity contribution is 6.30. The third-order valence-corrected chi connectivity index (χ3v) is 2.89. The van der Waals surface area contributed by atoms with Crippen molar-refractivity contribution in [1.82, 2.24) is 0 Å². The molecule has 1 aromatic carbocycles. The molecule has 0 aliphatic carbocycles. The topological polar surface area (TPSA) is 46.2 Å². The lowest BCUT2D eigenvalue weighted by molar-refractivity contribution is 0.134. The van der Waals surface area contributed by atoms with Crippen LogP contribution in [0.15, 0.2) is 24.3 Å². The molecule has 0 heterocycles. The van der Waals surface area contributed by atoms with Gasteiger partial charge in [0.1, 0.15) is 0 Å². The molecule has 1 rings (SSSR count). The molecule has 3 N–H and O–H groups in total. The van der Waals surface area contributed by atoms with Crippen LogP contribution in [0.1, 0.15) is 31.7 Å². The van der Waals surface area contributed by atoms with Crippen LogP contribution in [0.5, 0.6) is 0 Å². The number of hydrogen-bond acceptors (Lipinski definition) is 2. The van der Waals surface area contributed by atoms with Crippen LogP contribution in [0.25, 0.3) is 0 Å². The van der Waals surface area contributed by atoms with Gasteiger partial charge >= 0.3 is 0 Å². The highest BCUT2D eigenvalue weighted by atomic mass is 35.5. The zero-order valence-electron chi connectivity index (χ0n) is 9.15. The number of halogens is 1. The molecule has 0 radical (unpaired) electrons. The van der Waals surface area contributed by atoms with Gasteiger partial charge in [0.05, 0.1) is 6.10 Å². The van der Waals surface area contributed by atoms with E-state index < -0.39 is 6.10 Å². The van der Waals surface area contributed by atoms with Crippen molar-refractivity contribution in [2.45, 2.75) is 38.3 Å². The minimum Gasteiger partial charge on any atom is -0.392 e. The Hall–Kier alpha value is -0.570. The van der Waals surface area contributed by atoms with E-state index in [1.54, 1.807) is 0 Å². The van der Waals surface area contributed by atoms with Gasteiger partial charge in [-0.25, -0.2) is 0 Å². The molecule has 0 bridgehead atoms. The van der Waals surface area contributed by atoms with E-state index in [2.05, 4.69) is 6.92 Å². The second kappa shape index (κ2) is 5.50. The van der Waals surface area contributed by atoms with E-state index in [0.29, 0.717) is 12.3 Å². The van der Waals surface area contributed by atoms with Crippen LogP contribution in [0.3, 0.4) is 0 Å². The van der Waals surface area contributed by atoms with Gasteiger partial charge in [0.2, 0.25) is 0 Å². The molecule has 0 amide bonds. The van der Waals surface area contributed by atoms with Crippen molar-refractivity contribution < 1.29 is 5.11 Å². The van der Waals surface area contributed by atoms with Crippen molar-refractivity contribution in [2.75, 3.05) is 0 Å². The summed E-state index contributed by atoms with van der Waals surface area (Å²) >= 11 is 5.80. The van der Waals surface area contributed by atoms with E-state index in [-0.39, 0.29) is 6.04 Å². The predicted molar refractivity (Wildman–Crippen MR) is 64.1 cm³/mol. The maximum Gasteiger partial charge on any atom is 0.0694 e. The van der Waals surface area contributed by atoms with Crippen molar-refractivity contribution in [2.24, 2.45) is 5.73 Å². The molecule has 1 aromatic rings. The number of benzene rings is 1. The van der Waals surface area contributed by atoms with Crippen LogP contribution >= 0.6 is 11.6 Å². The summed E-state index contributed by atoms with van der Waals surface area (Å²) in [5.74, 6) is 0.295. The van der Waals surface area contributed by atoms with Crippen LogP contribution in [0.2, 0.25) is 5.02 Å². The normalized spacial score (nSPS) is 17.1. The average molecular weight is 228 g/mol. The van der Waals surface area contributed by atoms with Gasteiger partial charge in [-0.1, -0.05) is 30.7 Å². The Balaban J connectivity index is 2.61. The van der Waals surface area contributed by atoms with Crippen molar-refractivity contribution in [1.29, 1.82) is 0 Å². The Morgan fingerprint density at radius 1 is 1.27 bits per heavy atom. The molecule has 0 spiro atoms. The summed E-state index contributed by atoms with van der Waals surface area (Å²) in [4.78, 5) is 0. The summed E-state index contributed by atoms with van der Waals surface area (Å²) in [6, 6.07) is 7.53. The quantitative estimate of drug-likeness (QED) is 0.831. The zero-order chi connectivity index (χ0) is 11.4. The summed E-state index contributed by atoms with van der Waals surface area (Å²) in [5, 5.41) is 10.4. The third kappa shape index (κ3) is 3.82. The lowest BCUT2D eigenvalue weighted by Crippen LogP contribution is -2.32. The molecular weight excluding hydrogens is 210 g/mol. The minimum absolute atomic E-state index is 0.181. The Labute approximate surface area is 96.1 Å².